The Balaban J connectivity index is 0.000000248. The number of carbonyl (C=O) groups is 1. The summed E-state index contributed by atoms with van der Waals surface area (Å²) in [7, 11) is -4.16. The molecule has 0 saturated heterocycles. The zero-order valence-electron chi connectivity index (χ0n) is 15.4. The van der Waals surface area contributed by atoms with E-state index in [-0.39, 0.29) is 5.82 Å². The molecular weight excluding hydrogens is 425 g/mol. The van der Waals surface area contributed by atoms with Gasteiger partial charge in [-0.2, -0.15) is 0 Å². The lowest BCUT2D eigenvalue weighted by Gasteiger charge is -2.14. The van der Waals surface area contributed by atoms with Crippen LogP contribution in [0.25, 0.3) is 11.2 Å². The maximum atomic E-state index is 10.7. The second kappa shape index (κ2) is 9.41. The summed E-state index contributed by atoms with van der Waals surface area (Å²) in [5.41, 5.74) is 4.73. The number of nitrogens with zero attached hydrogens (tertiary/aromatic N) is 4. The average Bonchev–Trinajstić information content (AvgIpc) is 3.03. The number of carboxylic acids is 1. The first-order chi connectivity index (χ1) is 14.0. The van der Waals surface area contributed by atoms with Crippen LogP contribution in [0.2, 0.25) is 0 Å². The standard InChI is InChI=1S/C9H14N5O4P.C5H4N2O4/c1-6(18-5-19(15,16)17)2-14-4-13-7-8(10)11-3-12-9(7)14;8-3-1-2(4(9)10)6-5(11)7-3/h3-4,6H,2,5H2,1H3,(H2,10,11,12)(H2,15,16,17);1H,(H,9,10)(H2,6,7,8,11)/t6-;/m1./s1. The molecule has 3 aromatic heterocycles. The van der Waals surface area contributed by atoms with Crippen molar-refractivity contribution in [3.05, 3.63) is 45.3 Å². The van der Waals surface area contributed by atoms with E-state index in [1.165, 1.54) is 12.7 Å². The first-order valence-electron chi connectivity index (χ1n) is 8.10. The van der Waals surface area contributed by atoms with E-state index in [4.69, 9.17) is 25.4 Å². The van der Waals surface area contributed by atoms with E-state index in [1.54, 1.807) is 11.5 Å². The van der Waals surface area contributed by atoms with Crippen LogP contribution in [0.5, 0.6) is 0 Å². The molecule has 3 aromatic rings. The second-order valence-corrected chi connectivity index (χ2v) is 7.49. The first kappa shape index (κ1) is 22.9. The number of imidazole rings is 1. The van der Waals surface area contributed by atoms with Crippen LogP contribution in [-0.4, -0.2) is 62.8 Å². The summed E-state index contributed by atoms with van der Waals surface area (Å²) in [5.74, 6) is -1.05. The molecule has 15 nitrogen and oxygen atoms in total. The highest BCUT2D eigenvalue weighted by molar-refractivity contribution is 7.51. The number of nitrogens with two attached hydrogens (primary N) is 1. The Morgan fingerprint density at radius 3 is 2.60 bits per heavy atom. The molecule has 0 saturated carbocycles. The minimum atomic E-state index is -4.16. The molecule has 162 valence electrons. The Kier molecular flexibility index (Phi) is 7.18. The Labute approximate surface area is 166 Å². The fourth-order valence-electron chi connectivity index (χ4n) is 2.17. The van der Waals surface area contributed by atoms with Gasteiger partial charge in [-0.15, -0.1) is 0 Å². The van der Waals surface area contributed by atoms with E-state index >= 15 is 0 Å². The molecular formula is C14H18N7O8P. The largest absolute Gasteiger partial charge is 0.477 e. The molecule has 0 aliphatic heterocycles. The van der Waals surface area contributed by atoms with Crippen LogP contribution < -0.4 is 17.0 Å². The summed E-state index contributed by atoms with van der Waals surface area (Å²) >= 11 is 0. The molecule has 1 atom stereocenters. The molecule has 0 aliphatic rings. The van der Waals surface area contributed by atoms with E-state index in [2.05, 4.69) is 15.0 Å². The van der Waals surface area contributed by atoms with E-state index in [0.29, 0.717) is 17.7 Å². The quantitative estimate of drug-likeness (QED) is 0.244. The van der Waals surface area contributed by atoms with Crippen LogP contribution in [0.15, 0.2) is 28.3 Å². The predicted molar refractivity (Wildman–Crippen MR) is 102 cm³/mol. The summed E-state index contributed by atoms with van der Waals surface area (Å²) in [4.78, 5) is 64.3. The second-order valence-electron chi connectivity index (χ2n) is 5.91. The molecule has 16 heteroatoms. The summed E-state index contributed by atoms with van der Waals surface area (Å²) in [5, 5.41) is 8.31. The van der Waals surface area contributed by atoms with E-state index in [0.717, 1.165) is 6.07 Å². The molecule has 0 spiro atoms. The molecule has 7 N–H and O–H groups in total. The third-order valence-corrected chi connectivity index (χ3v) is 3.89. The number of aromatic nitrogens is 6. The van der Waals surface area contributed by atoms with Crippen molar-refractivity contribution in [1.82, 2.24) is 29.5 Å². The minimum absolute atomic E-state index is 0.285. The average molecular weight is 443 g/mol. The predicted octanol–water partition coefficient (Wildman–Crippen LogP) is -1.29. The number of nitrogens with one attached hydrogen (secondary N) is 2. The van der Waals surface area contributed by atoms with E-state index in [1.807, 2.05) is 9.97 Å². The number of aromatic amines is 2. The van der Waals surface area contributed by atoms with Crippen LogP contribution in [0.4, 0.5) is 5.82 Å². The van der Waals surface area contributed by atoms with Crippen LogP contribution >= 0.6 is 7.60 Å². The lowest BCUT2D eigenvalue weighted by molar-refractivity contribution is 0.0689. The fourth-order valence-corrected chi connectivity index (χ4v) is 2.62. The van der Waals surface area contributed by atoms with Crippen LogP contribution in [-0.2, 0) is 15.8 Å². The Morgan fingerprint density at radius 2 is 2.00 bits per heavy atom. The monoisotopic (exact) mass is 443 g/mol. The van der Waals surface area contributed by atoms with Crippen molar-refractivity contribution >= 4 is 30.5 Å². The number of carboxylic acid groups (broad SMARTS) is 1. The Hall–Kier alpha value is -3.39. The van der Waals surface area contributed by atoms with Gasteiger partial charge in [0.15, 0.2) is 11.5 Å². The number of hydrogen-bond acceptors (Lipinski definition) is 9. The lowest BCUT2D eigenvalue weighted by atomic mass is 10.4. The molecule has 0 radical (unpaired) electrons. The van der Waals surface area contributed by atoms with Crippen molar-refractivity contribution < 1.29 is 29.0 Å². The summed E-state index contributed by atoms with van der Waals surface area (Å²) in [6.07, 6.45) is 1.85. The smallest absolute Gasteiger partial charge is 0.352 e. The number of H-pyrrole nitrogens is 2. The summed E-state index contributed by atoms with van der Waals surface area (Å²) < 4.78 is 17.5. The number of ether oxygens (including phenoxy) is 1. The van der Waals surface area contributed by atoms with Gasteiger partial charge in [0.2, 0.25) is 0 Å². The third-order valence-electron chi connectivity index (χ3n) is 3.40. The number of rotatable bonds is 6. The van der Waals surface area contributed by atoms with Gasteiger partial charge in [0.05, 0.1) is 19.0 Å². The number of hydrogen-bond donors (Lipinski definition) is 6. The van der Waals surface area contributed by atoms with Gasteiger partial charge in [-0.05, 0) is 6.92 Å². The van der Waals surface area contributed by atoms with Crippen molar-refractivity contribution in [3.63, 3.8) is 0 Å². The maximum absolute atomic E-state index is 10.7. The summed E-state index contributed by atoms with van der Waals surface area (Å²) in [6, 6.07) is 0.795. The SMILES string of the molecule is C[C@H](Cn1cnc2c(N)ncnc21)OCP(=O)(O)O.O=C(O)c1cc(=O)[nH]c(=O)[nH]1. The van der Waals surface area contributed by atoms with Crippen molar-refractivity contribution in [2.45, 2.75) is 19.6 Å². The first-order valence-corrected chi connectivity index (χ1v) is 9.90. The number of fused-ring (bicyclic) bond motifs is 1. The highest BCUT2D eigenvalue weighted by Gasteiger charge is 2.17. The highest BCUT2D eigenvalue weighted by Crippen LogP contribution is 2.34. The number of nitrogen functional groups attached to an aromatic ring is 1. The Bertz CT molecular complexity index is 1170. The lowest BCUT2D eigenvalue weighted by Crippen LogP contribution is -2.24. The Morgan fingerprint density at radius 1 is 1.30 bits per heavy atom. The van der Waals surface area contributed by atoms with Crippen molar-refractivity contribution in [1.29, 1.82) is 0 Å². The van der Waals surface area contributed by atoms with Gasteiger partial charge in [0.1, 0.15) is 23.9 Å². The van der Waals surface area contributed by atoms with Gasteiger partial charge in [-0.3, -0.25) is 14.3 Å². The van der Waals surface area contributed by atoms with Crippen LogP contribution in [0.3, 0.4) is 0 Å². The molecule has 3 heterocycles. The van der Waals surface area contributed by atoms with Crippen LogP contribution in [0, 0.1) is 0 Å². The van der Waals surface area contributed by atoms with Crippen molar-refractivity contribution in [2.75, 3.05) is 12.1 Å². The summed E-state index contributed by atoms with van der Waals surface area (Å²) in [6.45, 7) is 2.05. The molecule has 0 amide bonds. The zero-order chi connectivity index (χ0) is 22.5. The molecule has 0 unspecified atom stereocenters. The van der Waals surface area contributed by atoms with E-state index in [9.17, 15) is 18.9 Å². The van der Waals surface area contributed by atoms with Gasteiger partial charge < -0.3 is 34.9 Å². The van der Waals surface area contributed by atoms with Gasteiger partial charge >= 0.3 is 19.3 Å². The molecule has 3 rings (SSSR count). The molecule has 0 aliphatic carbocycles. The minimum Gasteiger partial charge on any atom is -0.477 e. The maximum Gasteiger partial charge on any atom is 0.352 e. The molecule has 0 aromatic carbocycles. The molecule has 0 fully saturated rings. The fraction of sp³-hybridized carbons (Fsp3) is 0.286. The number of aromatic carboxylic acids is 1. The third kappa shape index (κ3) is 6.59. The van der Waals surface area contributed by atoms with E-state index < -0.39 is 43.0 Å². The van der Waals surface area contributed by atoms with Crippen molar-refractivity contribution in [2.24, 2.45) is 0 Å². The van der Waals surface area contributed by atoms with Gasteiger partial charge in [0, 0.05) is 6.07 Å². The normalized spacial score (nSPS) is 12.2. The number of anilines is 1. The van der Waals surface area contributed by atoms with Gasteiger partial charge in [-0.25, -0.2) is 24.5 Å². The van der Waals surface area contributed by atoms with Gasteiger partial charge in [0.25, 0.3) is 5.56 Å². The van der Waals surface area contributed by atoms with Crippen LogP contribution in [0.1, 0.15) is 17.4 Å². The molecule has 30 heavy (non-hydrogen) atoms. The molecule has 0 bridgehead atoms. The topological polar surface area (TPSA) is 239 Å². The van der Waals surface area contributed by atoms with Crippen molar-refractivity contribution in [3.8, 4) is 0 Å². The van der Waals surface area contributed by atoms with Gasteiger partial charge in [-0.1, -0.05) is 0 Å². The highest BCUT2D eigenvalue weighted by atomic mass is 31.2. The zero-order valence-corrected chi connectivity index (χ0v) is 16.3.